The first-order valence-corrected chi connectivity index (χ1v) is 10.2. The van der Waals surface area contributed by atoms with Crippen LogP contribution in [0, 0.1) is 20.8 Å². The van der Waals surface area contributed by atoms with E-state index in [4.69, 9.17) is 0 Å². The highest BCUT2D eigenvalue weighted by Crippen LogP contribution is 2.25. The van der Waals surface area contributed by atoms with Gasteiger partial charge < -0.3 is 0 Å². The third-order valence-corrected chi connectivity index (χ3v) is 5.38. The molecule has 0 unspecified atom stereocenters. The third-order valence-electron chi connectivity index (χ3n) is 4.40. The van der Waals surface area contributed by atoms with E-state index in [1.165, 1.54) is 11.0 Å². The smallest absolute Gasteiger partial charge is 0.255 e. The van der Waals surface area contributed by atoms with E-state index in [9.17, 15) is 8.42 Å². The molecule has 0 aliphatic carbocycles. The summed E-state index contributed by atoms with van der Waals surface area (Å²) in [4.78, 5) is 0. The van der Waals surface area contributed by atoms with E-state index in [-0.39, 0.29) is 0 Å². The maximum atomic E-state index is 12.6. The summed E-state index contributed by atoms with van der Waals surface area (Å²) in [6.07, 6.45) is 3.25. The highest BCUT2D eigenvalue weighted by Gasteiger charge is 2.13. The van der Waals surface area contributed by atoms with Crippen LogP contribution in [0.15, 0.2) is 35.7 Å². The summed E-state index contributed by atoms with van der Waals surface area (Å²) in [5.41, 5.74) is 7.03. The van der Waals surface area contributed by atoms with Crippen molar-refractivity contribution in [1.29, 1.82) is 0 Å². The Kier molecular flexibility index (Phi) is 6.07. The minimum atomic E-state index is -3.57. The van der Waals surface area contributed by atoms with Gasteiger partial charge in [0.05, 0.1) is 11.1 Å². The van der Waals surface area contributed by atoms with E-state index in [1.807, 2.05) is 52.8 Å². The van der Waals surface area contributed by atoms with Crippen molar-refractivity contribution in [2.24, 2.45) is 0 Å². The van der Waals surface area contributed by atoms with E-state index >= 15 is 0 Å². The van der Waals surface area contributed by atoms with Crippen LogP contribution in [0.1, 0.15) is 47.2 Å². The maximum Gasteiger partial charge on any atom is 0.255 e. The Morgan fingerprint density at radius 1 is 0.960 bits per heavy atom. The topological polar surface area (TPSA) is 46.2 Å². The molecular formula is C21H27NO2S. The zero-order chi connectivity index (χ0) is 18.6. The van der Waals surface area contributed by atoms with Crippen LogP contribution >= 0.6 is 0 Å². The summed E-state index contributed by atoms with van der Waals surface area (Å²) < 4.78 is 28.0. The summed E-state index contributed by atoms with van der Waals surface area (Å²) in [7, 11) is -3.57. The van der Waals surface area contributed by atoms with Crippen LogP contribution in [-0.2, 0) is 22.9 Å². The molecule has 0 radical (unpaired) electrons. The average molecular weight is 358 g/mol. The fraction of sp³-hybridized carbons (Fsp3) is 0.333. The Morgan fingerprint density at radius 2 is 1.48 bits per heavy atom. The van der Waals surface area contributed by atoms with Crippen LogP contribution in [-0.4, -0.2) is 8.42 Å². The highest BCUT2D eigenvalue weighted by molar-refractivity contribution is 7.95. The molecule has 0 aliphatic rings. The summed E-state index contributed by atoms with van der Waals surface area (Å²) in [5.74, 6) is 0. The molecule has 0 atom stereocenters. The van der Waals surface area contributed by atoms with Crippen molar-refractivity contribution in [3.8, 4) is 0 Å². The Bertz CT molecular complexity index is 851. The van der Waals surface area contributed by atoms with E-state index < -0.39 is 10.0 Å². The molecule has 0 saturated heterocycles. The van der Waals surface area contributed by atoms with Crippen molar-refractivity contribution in [3.63, 3.8) is 0 Å². The molecular weight excluding hydrogens is 330 g/mol. The molecule has 0 heterocycles. The minimum Gasteiger partial charge on any atom is -0.280 e. The Morgan fingerprint density at radius 3 is 1.96 bits per heavy atom. The number of rotatable bonds is 6. The number of hydrogen-bond acceptors (Lipinski definition) is 2. The summed E-state index contributed by atoms with van der Waals surface area (Å²) in [6.45, 7) is 10.1. The minimum absolute atomic E-state index is 0.717. The number of aryl methyl sites for hydroxylation is 5. The molecule has 4 heteroatoms. The second kappa shape index (κ2) is 7.87. The molecule has 0 fully saturated rings. The lowest BCUT2D eigenvalue weighted by Crippen LogP contribution is -2.12. The number of benzene rings is 2. The van der Waals surface area contributed by atoms with Gasteiger partial charge in [-0.15, -0.1) is 0 Å². The van der Waals surface area contributed by atoms with Gasteiger partial charge in [-0.25, -0.2) is 8.42 Å². The van der Waals surface area contributed by atoms with E-state index in [0.29, 0.717) is 0 Å². The van der Waals surface area contributed by atoms with Crippen LogP contribution in [0.2, 0.25) is 0 Å². The van der Waals surface area contributed by atoms with Gasteiger partial charge in [0.15, 0.2) is 0 Å². The standard InChI is InChI=1S/C21H27NO2S/c1-6-18-9-8-10-19(7-2)21(18)22-25(23,24)12-11-20-16(4)13-15(3)14-17(20)5/h8-14,22H,6-7H2,1-5H3. The SMILES string of the molecule is CCc1cccc(CC)c1NS(=O)(=O)C=Cc1c(C)cc(C)cc1C. The fourth-order valence-electron chi connectivity index (χ4n) is 3.16. The first kappa shape index (κ1) is 19.3. The van der Waals surface area contributed by atoms with Gasteiger partial charge in [0.25, 0.3) is 10.0 Å². The molecule has 2 aromatic rings. The lowest BCUT2D eigenvalue weighted by molar-refractivity contribution is 0.609. The zero-order valence-electron chi connectivity index (χ0n) is 15.7. The number of nitrogens with one attached hydrogen (secondary N) is 1. The molecule has 0 aliphatic heterocycles. The van der Waals surface area contributed by atoms with Crippen molar-refractivity contribution in [3.05, 3.63) is 69.1 Å². The molecule has 0 amide bonds. The van der Waals surface area contributed by atoms with E-state index in [1.54, 1.807) is 6.08 Å². The molecule has 0 aromatic heterocycles. The number of hydrogen-bond donors (Lipinski definition) is 1. The van der Waals surface area contributed by atoms with Gasteiger partial charge in [0, 0.05) is 0 Å². The van der Waals surface area contributed by atoms with E-state index in [0.717, 1.165) is 46.3 Å². The lowest BCUT2D eigenvalue weighted by Gasteiger charge is -2.14. The molecule has 1 N–H and O–H groups in total. The van der Waals surface area contributed by atoms with Crippen molar-refractivity contribution in [1.82, 2.24) is 0 Å². The number of para-hydroxylation sites is 1. The normalized spacial score (nSPS) is 11.9. The van der Waals surface area contributed by atoms with Gasteiger partial charge in [-0.2, -0.15) is 0 Å². The molecule has 0 bridgehead atoms. The second-order valence-electron chi connectivity index (χ2n) is 6.42. The van der Waals surface area contributed by atoms with Gasteiger partial charge in [-0.1, -0.05) is 49.7 Å². The van der Waals surface area contributed by atoms with Crippen LogP contribution in [0.3, 0.4) is 0 Å². The first-order chi connectivity index (χ1) is 11.8. The van der Waals surface area contributed by atoms with Crippen molar-refractivity contribution in [2.75, 3.05) is 4.72 Å². The van der Waals surface area contributed by atoms with Gasteiger partial charge >= 0.3 is 0 Å². The lowest BCUT2D eigenvalue weighted by atomic mass is 10.0. The Balaban J connectivity index is 2.36. The number of anilines is 1. The van der Waals surface area contributed by atoms with Crippen LogP contribution < -0.4 is 4.72 Å². The number of sulfonamides is 1. The largest absolute Gasteiger partial charge is 0.280 e. The van der Waals surface area contributed by atoms with Crippen LogP contribution in [0.25, 0.3) is 6.08 Å². The van der Waals surface area contributed by atoms with E-state index in [2.05, 4.69) is 16.9 Å². The van der Waals surface area contributed by atoms with Gasteiger partial charge in [0.1, 0.15) is 0 Å². The molecule has 134 valence electrons. The summed E-state index contributed by atoms with van der Waals surface area (Å²) in [6, 6.07) is 10.0. The molecule has 2 aromatic carbocycles. The molecule has 0 saturated carbocycles. The monoisotopic (exact) mass is 357 g/mol. The average Bonchev–Trinajstić information content (AvgIpc) is 2.53. The van der Waals surface area contributed by atoms with Crippen molar-refractivity contribution < 1.29 is 8.42 Å². The summed E-state index contributed by atoms with van der Waals surface area (Å²) >= 11 is 0. The predicted molar refractivity (Wildman–Crippen MR) is 107 cm³/mol. The Hall–Kier alpha value is -2.07. The molecule has 0 spiro atoms. The Labute approximate surface area is 151 Å². The van der Waals surface area contributed by atoms with Crippen molar-refractivity contribution in [2.45, 2.75) is 47.5 Å². The summed E-state index contributed by atoms with van der Waals surface area (Å²) in [5, 5.41) is 1.27. The van der Waals surface area contributed by atoms with Crippen LogP contribution in [0.4, 0.5) is 5.69 Å². The predicted octanol–water partition coefficient (Wildman–Crippen LogP) is 5.15. The quantitative estimate of drug-likeness (QED) is 0.777. The molecule has 2 rings (SSSR count). The molecule has 3 nitrogen and oxygen atoms in total. The zero-order valence-corrected chi connectivity index (χ0v) is 16.5. The van der Waals surface area contributed by atoms with Crippen molar-refractivity contribution >= 4 is 21.8 Å². The highest BCUT2D eigenvalue weighted by atomic mass is 32.2. The van der Waals surface area contributed by atoms with Gasteiger partial charge in [-0.05, 0) is 67.5 Å². The molecule has 25 heavy (non-hydrogen) atoms. The fourth-order valence-corrected chi connectivity index (χ4v) is 4.09. The third kappa shape index (κ3) is 4.73. The first-order valence-electron chi connectivity index (χ1n) is 8.67. The maximum absolute atomic E-state index is 12.6. The van der Waals surface area contributed by atoms with Gasteiger partial charge in [-0.3, -0.25) is 4.72 Å². The second-order valence-corrected chi connectivity index (χ2v) is 7.99. The van der Waals surface area contributed by atoms with Gasteiger partial charge in [0.2, 0.25) is 0 Å². The van der Waals surface area contributed by atoms with Crippen LogP contribution in [0.5, 0.6) is 0 Å².